The van der Waals surface area contributed by atoms with E-state index in [1.807, 2.05) is 19.0 Å². The molecule has 0 aliphatic rings. The number of rotatable bonds is 6. The molecule has 0 saturated carbocycles. The maximum absolute atomic E-state index is 11.7. The Balaban J connectivity index is 2.72. The van der Waals surface area contributed by atoms with Crippen LogP contribution in [0, 0.1) is 5.92 Å². The van der Waals surface area contributed by atoms with Gasteiger partial charge in [-0.3, -0.25) is 4.79 Å². The van der Waals surface area contributed by atoms with Gasteiger partial charge in [-0.15, -0.1) is 10.2 Å². The Morgan fingerprint density at radius 1 is 1.44 bits per heavy atom. The molecule has 1 aromatic heterocycles. The van der Waals surface area contributed by atoms with E-state index in [1.165, 1.54) is 30.2 Å². The molecule has 0 aromatic carbocycles. The van der Waals surface area contributed by atoms with Crippen LogP contribution in [0.2, 0.25) is 0 Å². The summed E-state index contributed by atoms with van der Waals surface area (Å²) in [4.78, 5) is 13.6. The van der Waals surface area contributed by atoms with Crippen molar-refractivity contribution in [3.8, 4) is 0 Å². The van der Waals surface area contributed by atoms with Gasteiger partial charge in [-0.1, -0.05) is 36.9 Å². The number of esters is 1. The highest BCUT2D eigenvalue weighted by atomic mass is 32.2. The molecule has 0 spiro atoms. The minimum atomic E-state index is -0.210. The minimum absolute atomic E-state index is 0.199. The first-order chi connectivity index (χ1) is 8.43. The van der Waals surface area contributed by atoms with Crippen molar-refractivity contribution >= 4 is 34.2 Å². The Kier molecular flexibility index (Phi) is 5.87. The summed E-state index contributed by atoms with van der Waals surface area (Å²) in [5.74, 6) is 0.234. The maximum atomic E-state index is 11.7. The van der Waals surface area contributed by atoms with Gasteiger partial charge in [0.05, 0.1) is 7.11 Å². The molecule has 1 unspecified atom stereocenters. The van der Waals surface area contributed by atoms with Gasteiger partial charge in [0.25, 0.3) is 0 Å². The fourth-order valence-corrected chi connectivity index (χ4v) is 3.58. The van der Waals surface area contributed by atoms with E-state index in [9.17, 15) is 4.79 Å². The number of hydrogen-bond donors (Lipinski definition) is 0. The van der Waals surface area contributed by atoms with Crippen LogP contribution in [0.3, 0.4) is 0 Å². The quantitative estimate of drug-likeness (QED) is 0.591. The SMILES string of the molecule is COC(=O)C(CC(C)C)Sc1nnc(N(C)C)s1. The molecule has 5 nitrogen and oxygen atoms in total. The lowest BCUT2D eigenvalue weighted by molar-refractivity contribution is -0.140. The predicted octanol–water partition coefficient (Wildman–Crippen LogP) is 2.28. The molecule has 0 bridgehead atoms. The minimum Gasteiger partial charge on any atom is -0.468 e. The highest BCUT2D eigenvalue weighted by molar-refractivity contribution is 8.02. The lowest BCUT2D eigenvalue weighted by atomic mass is 10.1. The molecule has 0 amide bonds. The van der Waals surface area contributed by atoms with Crippen LogP contribution in [0.5, 0.6) is 0 Å². The number of nitrogens with zero attached hydrogens (tertiary/aromatic N) is 3. The van der Waals surface area contributed by atoms with Gasteiger partial charge in [0.2, 0.25) is 5.13 Å². The van der Waals surface area contributed by atoms with Crippen molar-refractivity contribution in [1.29, 1.82) is 0 Å². The maximum Gasteiger partial charge on any atom is 0.319 e. The number of carbonyl (C=O) groups is 1. The second kappa shape index (κ2) is 6.94. The molecule has 102 valence electrons. The molecule has 1 heterocycles. The number of aromatic nitrogens is 2. The average molecular weight is 289 g/mol. The summed E-state index contributed by atoms with van der Waals surface area (Å²) in [6, 6.07) is 0. The molecule has 7 heteroatoms. The van der Waals surface area contributed by atoms with Gasteiger partial charge in [0.1, 0.15) is 5.25 Å². The fourth-order valence-electron chi connectivity index (χ4n) is 1.30. The molecule has 0 radical (unpaired) electrons. The molecule has 0 fully saturated rings. The Morgan fingerprint density at radius 2 is 2.11 bits per heavy atom. The van der Waals surface area contributed by atoms with Crippen LogP contribution >= 0.6 is 23.1 Å². The Hall–Kier alpha value is -0.820. The number of methoxy groups -OCH3 is 1. The predicted molar refractivity (Wildman–Crippen MR) is 75.4 cm³/mol. The topological polar surface area (TPSA) is 55.3 Å². The van der Waals surface area contributed by atoms with E-state index in [1.54, 1.807) is 0 Å². The van der Waals surface area contributed by atoms with Gasteiger partial charge in [-0.2, -0.15) is 0 Å². The third-order valence-corrected chi connectivity index (χ3v) is 4.55. The number of thioether (sulfide) groups is 1. The second-order valence-electron chi connectivity index (χ2n) is 4.50. The van der Waals surface area contributed by atoms with Gasteiger partial charge in [-0.25, -0.2) is 0 Å². The van der Waals surface area contributed by atoms with Crippen LogP contribution in [0.1, 0.15) is 20.3 Å². The van der Waals surface area contributed by atoms with Gasteiger partial charge in [0.15, 0.2) is 4.34 Å². The lowest BCUT2D eigenvalue weighted by Crippen LogP contribution is -2.20. The van der Waals surface area contributed by atoms with E-state index in [4.69, 9.17) is 4.74 Å². The van der Waals surface area contributed by atoms with Crippen molar-refractivity contribution in [2.75, 3.05) is 26.1 Å². The number of anilines is 1. The van der Waals surface area contributed by atoms with E-state index in [0.29, 0.717) is 5.92 Å². The van der Waals surface area contributed by atoms with E-state index < -0.39 is 0 Å². The largest absolute Gasteiger partial charge is 0.468 e. The molecule has 0 aliphatic heterocycles. The molecular weight excluding hydrogens is 270 g/mol. The van der Waals surface area contributed by atoms with Crippen molar-refractivity contribution < 1.29 is 9.53 Å². The monoisotopic (exact) mass is 289 g/mol. The second-order valence-corrected chi connectivity index (χ2v) is 6.91. The zero-order valence-electron chi connectivity index (χ0n) is 11.3. The summed E-state index contributed by atoms with van der Waals surface area (Å²) in [5.41, 5.74) is 0. The standard InChI is InChI=1S/C11H19N3O2S2/c1-7(2)6-8(9(15)16-5)17-11-13-12-10(18-11)14(3)4/h7-8H,6H2,1-5H3. The highest BCUT2D eigenvalue weighted by Gasteiger charge is 2.23. The van der Waals surface area contributed by atoms with Crippen molar-refractivity contribution in [2.24, 2.45) is 5.92 Å². The summed E-state index contributed by atoms with van der Waals surface area (Å²) < 4.78 is 5.63. The molecule has 1 aromatic rings. The third kappa shape index (κ3) is 4.45. The van der Waals surface area contributed by atoms with Crippen molar-refractivity contribution in [3.63, 3.8) is 0 Å². The van der Waals surface area contributed by atoms with Crippen molar-refractivity contribution in [1.82, 2.24) is 10.2 Å². The van der Waals surface area contributed by atoms with Crippen molar-refractivity contribution in [3.05, 3.63) is 0 Å². The van der Waals surface area contributed by atoms with E-state index >= 15 is 0 Å². The fraction of sp³-hybridized carbons (Fsp3) is 0.727. The average Bonchev–Trinajstić information content (AvgIpc) is 2.75. The Labute approximate surface area is 116 Å². The molecule has 0 aliphatic carbocycles. The third-order valence-electron chi connectivity index (χ3n) is 2.17. The van der Waals surface area contributed by atoms with Crippen LogP contribution in [0.15, 0.2) is 4.34 Å². The first kappa shape index (κ1) is 15.2. The zero-order valence-corrected chi connectivity index (χ0v) is 13.0. The number of carbonyl (C=O) groups excluding carboxylic acids is 1. The van der Waals surface area contributed by atoms with E-state index in [-0.39, 0.29) is 11.2 Å². The lowest BCUT2D eigenvalue weighted by Gasteiger charge is -2.14. The smallest absolute Gasteiger partial charge is 0.319 e. The summed E-state index contributed by atoms with van der Waals surface area (Å²) in [5, 5.41) is 8.77. The van der Waals surface area contributed by atoms with Crippen LogP contribution in [0.4, 0.5) is 5.13 Å². The van der Waals surface area contributed by atoms with E-state index in [0.717, 1.165) is 15.9 Å². The summed E-state index contributed by atoms with van der Waals surface area (Å²) >= 11 is 2.91. The van der Waals surface area contributed by atoms with E-state index in [2.05, 4.69) is 24.0 Å². The van der Waals surface area contributed by atoms with Gasteiger partial charge >= 0.3 is 5.97 Å². The molecule has 18 heavy (non-hydrogen) atoms. The van der Waals surface area contributed by atoms with Crippen LogP contribution < -0.4 is 4.90 Å². The van der Waals surface area contributed by atoms with Gasteiger partial charge in [-0.05, 0) is 12.3 Å². The zero-order chi connectivity index (χ0) is 13.7. The number of ether oxygens (including phenoxy) is 1. The summed E-state index contributed by atoms with van der Waals surface area (Å²) in [7, 11) is 5.25. The molecule has 1 rings (SSSR count). The highest BCUT2D eigenvalue weighted by Crippen LogP contribution is 2.32. The van der Waals surface area contributed by atoms with Gasteiger partial charge in [0, 0.05) is 14.1 Å². The molecular formula is C11H19N3O2S2. The molecule has 1 atom stereocenters. The van der Waals surface area contributed by atoms with Crippen molar-refractivity contribution in [2.45, 2.75) is 29.9 Å². The van der Waals surface area contributed by atoms with Crippen LogP contribution in [-0.4, -0.2) is 42.6 Å². The van der Waals surface area contributed by atoms with Gasteiger partial charge < -0.3 is 9.64 Å². The molecule has 0 N–H and O–H groups in total. The normalized spacial score (nSPS) is 12.6. The Morgan fingerprint density at radius 3 is 2.56 bits per heavy atom. The molecule has 0 saturated heterocycles. The first-order valence-electron chi connectivity index (χ1n) is 5.69. The Bertz CT molecular complexity index is 393. The summed E-state index contributed by atoms with van der Waals surface area (Å²) in [6.45, 7) is 4.17. The van der Waals surface area contributed by atoms with Crippen LogP contribution in [-0.2, 0) is 9.53 Å². The first-order valence-corrected chi connectivity index (χ1v) is 7.39. The summed E-state index contributed by atoms with van der Waals surface area (Å²) in [6.07, 6.45) is 0.772. The number of hydrogen-bond acceptors (Lipinski definition) is 7. The van der Waals surface area contributed by atoms with Crippen LogP contribution in [0.25, 0.3) is 0 Å².